The second kappa shape index (κ2) is 12.6. The molecule has 0 bridgehead atoms. The van der Waals surface area contributed by atoms with Gasteiger partial charge in [-0.15, -0.1) is 0 Å². The molecule has 3 aromatic carbocycles. The van der Waals surface area contributed by atoms with Crippen molar-refractivity contribution in [3.05, 3.63) is 99.0 Å². The molecule has 0 aliphatic carbocycles. The molecule has 0 aliphatic heterocycles. The summed E-state index contributed by atoms with van der Waals surface area (Å²) in [6.07, 6.45) is 1.20. The number of hydrogen-bond acceptors (Lipinski definition) is 4. The number of nitrogens with one attached hydrogen (secondary N) is 1. The van der Waals surface area contributed by atoms with E-state index in [9.17, 15) is 18.0 Å². The van der Waals surface area contributed by atoms with Crippen LogP contribution in [0.15, 0.2) is 72.8 Å². The first-order valence-corrected chi connectivity index (χ1v) is 14.2. The highest BCUT2D eigenvalue weighted by Crippen LogP contribution is 2.28. The molecular formula is C26H26Cl3N3O4S. The highest BCUT2D eigenvalue weighted by atomic mass is 35.5. The number of anilines is 1. The molecule has 3 rings (SSSR count). The topological polar surface area (TPSA) is 86.8 Å². The predicted octanol–water partition coefficient (Wildman–Crippen LogP) is 4.80. The van der Waals surface area contributed by atoms with Crippen molar-refractivity contribution < 1.29 is 18.0 Å². The number of amides is 2. The summed E-state index contributed by atoms with van der Waals surface area (Å²) in [4.78, 5) is 28.3. The third-order valence-electron chi connectivity index (χ3n) is 5.65. The van der Waals surface area contributed by atoms with Gasteiger partial charge >= 0.3 is 0 Å². The molecule has 0 unspecified atom stereocenters. The first-order valence-electron chi connectivity index (χ1n) is 11.2. The van der Waals surface area contributed by atoms with E-state index in [1.807, 2.05) is 30.3 Å². The van der Waals surface area contributed by atoms with Crippen molar-refractivity contribution in [1.82, 2.24) is 10.2 Å². The Balaban J connectivity index is 2.05. The molecule has 0 saturated heterocycles. The number of likely N-dealkylation sites (N-methyl/N-ethyl adjacent to an activating group) is 1. The lowest BCUT2D eigenvalue weighted by atomic mass is 10.0. The Hall–Kier alpha value is -2.78. The van der Waals surface area contributed by atoms with Gasteiger partial charge in [0.2, 0.25) is 21.8 Å². The van der Waals surface area contributed by atoms with Gasteiger partial charge in [-0.1, -0.05) is 83.3 Å². The first-order chi connectivity index (χ1) is 17.5. The molecule has 2 amide bonds. The van der Waals surface area contributed by atoms with Gasteiger partial charge < -0.3 is 10.2 Å². The highest BCUT2D eigenvalue weighted by Gasteiger charge is 2.33. The lowest BCUT2D eigenvalue weighted by molar-refractivity contribution is -0.139. The second-order valence-electron chi connectivity index (χ2n) is 8.31. The molecular weight excluding hydrogens is 557 g/mol. The molecule has 0 radical (unpaired) electrons. The van der Waals surface area contributed by atoms with Crippen LogP contribution < -0.4 is 9.62 Å². The van der Waals surface area contributed by atoms with Gasteiger partial charge in [-0.2, -0.15) is 0 Å². The van der Waals surface area contributed by atoms with Crippen molar-refractivity contribution in [3.8, 4) is 0 Å². The Morgan fingerprint density at radius 2 is 1.51 bits per heavy atom. The third kappa shape index (κ3) is 7.61. The Morgan fingerprint density at radius 3 is 2.11 bits per heavy atom. The van der Waals surface area contributed by atoms with E-state index in [1.165, 1.54) is 24.1 Å². The van der Waals surface area contributed by atoms with Crippen LogP contribution in [0, 0.1) is 0 Å². The molecule has 0 spiro atoms. The number of hydrogen-bond donors (Lipinski definition) is 1. The fraction of sp³-hybridized carbons (Fsp3) is 0.231. The van der Waals surface area contributed by atoms with Gasteiger partial charge in [0.05, 0.1) is 27.0 Å². The maximum atomic E-state index is 13.8. The normalized spacial score (nSPS) is 12.0. The van der Waals surface area contributed by atoms with Crippen molar-refractivity contribution in [3.63, 3.8) is 0 Å². The van der Waals surface area contributed by atoms with E-state index in [2.05, 4.69) is 5.32 Å². The van der Waals surface area contributed by atoms with E-state index in [-0.39, 0.29) is 23.7 Å². The summed E-state index contributed by atoms with van der Waals surface area (Å²) in [5, 5.41) is 3.43. The molecule has 3 aromatic rings. The van der Waals surface area contributed by atoms with Gasteiger partial charge in [-0.05, 0) is 35.4 Å². The number of carbonyl (C=O) groups is 2. The average Bonchev–Trinajstić information content (AvgIpc) is 2.86. The number of sulfonamides is 1. The van der Waals surface area contributed by atoms with Crippen LogP contribution >= 0.6 is 34.8 Å². The van der Waals surface area contributed by atoms with E-state index >= 15 is 0 Å². The van der Waals surface area contributed by atoms with Crippen LogP contribution in [0.4, 0.5) is 5.69 Å². The second-order valence-corrected chi connectivity index (χ2v) is 11.4. The molecule has 7 nitrogen and oxygen atoms in total. The van der Waals surface area contributed by atoms with Gasteiger partial charge in [0, 0.05) is 20.0 Å². The van der Waals surface area contributed by atoms with E-state index in [4.69, 9.17) is 34.8 Å². The fourth-order valence-electron chi connectivity index (χ4n) is 3.80. The highest BCUT2D eigenvalue weighted by molar-refractivity contribution is 7.92. The molecule has 1 N–H and O–H groups in total. The van der Waals surface area contributed by atoms with Crippen LogP contribution in [0.5, 0.6) is 0 Å². The molecule has 0 heterocycles. The van der Waals surface area contributed by atoms with Crippen molar-refractivity contribution in [2.45, 2.75) is 19.0 Å². The zero-order valence-corrected chi connectivity index (χ0v) is 23.3. The summed E-state index contributed by atoms with van der Waals surface area (Å²) >= 11 is 18.5. The molecule has 0 aromatic heterocycles. The van der Waals surface area contributed by atoms with Crippen molar-refractivity contribution in [1.29, 1.82) is 0 Å². The SMILES string of the molecule is CNC(=O)[C@@H](Cc1ccccc1)N(Cc1ccc(Cl)c(Cl)c1)C(=O)CN(c1ccccc1Cl)S(C)(=O)=O. The summed E-state index contributed by atoms with van der Waals surface area (Å²) in [7, 11) is -2.42. The molecule has 37 heavy (non-hydrogen) atoms. The van der Waals surface area contributed by atoms with Crippen LogP contribution in [0.25, 0.3) is 0 Å². The van der Waals surface area contributed by atoms with E-state index in [1.54, 1.807) is 30.3 Å². The van der Waals surface area contributed by atoms with Crippen molar-refractivity contribution in [2.75, 3.05) is 24.2 Å². The van der Waals surface area contributed by atoms with Crippen LogP contribution in [-0.2, 0) is 32.6 Å². The van der Waals surface area contributed by atoms with Gasteiger partial charge in [-0.25, -0.2) is 8.42 Å². The number of benzene rings is 3. The van der Waals surface area contributed by atoms with Gasteiger partial charge in [-0.3, -0.25) is 13.9 Å². The lowest BCUT2D eigenvalue weighted by Crippen LogP contribution is -2.52. The Kier molecular flexibility index (Phi) is 9.84. The first kappa shape index (κ1) is 28.8. The molecule has 11 heteroatoms. The molecule has 196 valence electrons. The third-order valence-corrected chi connectivity index (χ3v) is 7.84. The summed E-state index contributed by atoms with van der Waals surface area (Å²) in [5.74, 6) is -0.998. The number of carbonyl (C=O) groups excluding carboxylic acids is 2. The maximum Gasteiger partial charge on any atom is 0.244 e. The summed E-state index contributed by atoms with van der Waals surface area (Å²) < 4.78 is 26.4. The zero-order chi connectivity index (χ0) is 27.2. The van der Waals surface area contributed by atoms with Crippen LogP contribution in [0.1, 0.15) is 11.1 Å². The standard InChI is InChI=1S/C26H26Cl3N3O4S/c1-30-26(34)24(15-18-8-4-3-5-9-18)31(16-19-12-13-20(27)22(29)14-19)25(33)17-32(37(2,35)36)23-11-7-6-10-21(23)28/h3-14,24H,15-17H2,1-2H3,(H,30,34)/t24-/m1/s1. The molecule has 0 fully saturated rings. The number of rotatable bonds is 10. The van der Waals surface area contributed by atoms with E-state index in [0.29, 0.717) is 15.6 Å². The quantitative estimate of drug-likeness (QED) is 0.372. The summed E-state index contributed by atoms with van der Waals surface area (Å²) in [6.45, 7) is -0.576. The lowest BCUT2D eigenvalue weighted by Gasteiger charge is -2.33. The minimum Gasteiger partial charge on any atom is -0.357 e. The number of nitrogens with zero attached hydrogens (tertiary/aromatic N) is 2. The summed E-state index contributed by atoms with van der Waals surface area (Å²) in [5.41, 5.74) is 1.61. The predicted molar refractivity (Wildman–Crippen MR) is 149 cm³/mol. The van der Waals surface area contributed by atoms with Crippen LogP contribution in [0.2, 0.25) is 15.1 Å². The van der Waals surface area contributed by atoms with E-state index in [0.717, 1.165) is 16.1 Å². The number of para-hydroxylation sites is 1. The zero-order valence-electron chi connectivity index (χ0n) is 20.2. The monoisotopic (exact) mass is 581 g/mol. The van der Waals surface area contributed by atoms with Crippen molar-refractivity contribution >= 4 is 62.3 Å². The van der Waals surface area contributed by atoms with E-state index < -0.39 is 34.4 Å². The molecule has 1 atom stereocenters. The molecule has 0 saturated carbocycles. The smallest absolute Gasteiger partial charge is 0.244 e. The largest absolute Gasteiger partial charge is 0.357 e. The minimum absolute atomic E-state index is 0.0131. The van der Waals surface area contributed by atoms with Crippen molar-refractivity contribution in [2.24, 2.45) is 0 Å². The van der Waals surface area contributed by atoms with Crippen LogP contribution in [0.3, 0.4) is 0 Å². The average molecular weight is 583 g/mol. The van der Waals surface area contributed by atoms with Gasteiger partial charge in [0.1, 0.15) is 12.6 Å². The maximum absolute atomic E-state index is 13.8. The fourth-order valence-corrected chi connectivity index (χ4v) is 5.27. The Labute approximate surface area is 232 Å². The number of halogens is 3. The minimum atomic E-state index is -3.90. The van der Waals surface area contributed by atoms with Gasteiger partial charge in [0.25, 0.3) is 0 Å². The van der Waals surface area contributed by atoms with Gasteiger partial charge in [0.15, 0.2) is 0 Å². The molecule has 0 aliphatic rings. The van der Waals surface area contributed by atoms with Crippen LogP contribution in [-0.4, -0.2) is 51.0 Å². The Morgan fingerprint density at radius 1 is 0.865 bits per heavy atom. The Bertz CT molecular complexity index is 1370. The summed E-state index contributed by atoms with van der Waals surface area (Å²) in [6, 6.07) is 19.5.